The van der Waals surface area contributed by atoms with E-state index in [1.165, 1.54) is 0 Å². The van der Waals surface area contributed by atoms with Crippen LogP contribution in [0.15, 0.2) is 64.5 Å². The van der Waals surface area contributed by atoms with Gasteiger partial charge in [-0.2, -0.15) is 0 Å². The van der Waals surface area contributed by atoms with Gasteiger partial charge in [0.05, 0.1) is 17.2 Å². The van der Waals surface area contributed by atoms with Gasteiger partial charge in [0, 0.05) is 18.1 Å². The van der Waals surface area contributed by atoms with Crippen molar-refractivity contribution < 1.29 is 8.42 Å². The number of nitrogens with zero attached hydrogens (tertiary/aromatic N) is 1. The van der Waals surface area contributed by atoms with Crippen LogP contribution in [-0.4, -0.2) is 33.2 Å². The fraction of sp³-hybridized carbons (Fsp3) is 0.278. The Hall–Kier alpha value is -2.05. The summed E-state index contributed by atoms with van der Waals surface area (Å²) in [5.74, 6) is 0.586. The van der Waals surface area contributed by atoms with Crippen molar-refractivity contribution in [2.75, 3.05) is 18.8 Å². The topological polar surface area (TPSA) is 70.6 Å². The van der Waals surface area contributed by atoms with Gasteiger partial charge in [-0.05, 0) is 36.8 Å². The molecule has 0 unspecified atom stereocenters. The van der Waals surface area contributed by atoms with E-state index >= 15 is 0 Å². The van der Waals surface area contributed by atoms with E-state index < -0.39 is 9.84 Å². The molecule has 0 saturated carbocycles. The average molecular weight is 380 g/mol. The molecule has 2 rings (SSSR count). The standard InChI is InChI=1S/C18H22ClN3O2S/c1-2-20-18(22-14-15-8-10-16(19)11-9-15)21-12-13-25(23,24)17-6-4-3-5-7-17/h3-11H,2,12-14H2,1H3,(H2,20,21,22). The fourth-order valence-electron chi connectivity index (χ4n) is 2.15. The maximum Gasteiger partial charge on any atom is 0.191 e. The Bertz CT molecular complexity index is 791. The molecule has 0 atom stereocenters. The number of guanidine groups is 1. The van der Waals surface area contributed by atoms with Crippen molar-refractivity contribution in [1.29, 1.82) is 0 Å². The van der Waals surface area contributed by atoms with Crippen molar-refractivity contribution in [2.45, 2.75) is 18.4 Å². The minimum absolute atomic E-state index is 0.00235. The fourth-order valence-corrected chi connectivity index (χ4v) is 3.46. The van der Waals surface area contributed by atoms with Gasteiger partial charge in [0.1, 0.15) is 0 Å². The summed E-state index contributed by atoms with van der Waals surface area (Å²) in [5.41, 5.74) is 1.03. The molecule has 7 heteroatoms. The molecule has 2 aromatic rings. The second kappa shape index (κ2) is 9.44. The van der Waals surface area contributed by atoms with Gasteiger partial charge in [-0.15, -0.1) is 0 Å². The smallest absolute Gasteiger partial charge is 0.191 e. The first-order chi connectivity index (χ1) is 12.0. The lowest BCUT2D eigenvalue weighted by atomic mass is 10.2. The molecule has 0 aliphatic heterocycles. The Morgan fingerprint density at radius 1 is 1.04 bits per heavy atom. The van der Waals surface area contributed by atoms with Crippen molar-refractivity contribution >= 4 is 27.4 Å². The lowest BCUT2D eigenvalue weighted by molar-refractivity contribution is 0.594. The van der Waals surface area contributed by atoms with Crippen LogP contribution >= 0.6 is 11.6 Å². The molecule has 0 heterocycles. The second-order valence-corrected chi connectivity index (χ2v) is 7.93. The normalized spacial score (nSPS) is 12.0. The monoisotopic (exact) mass is 379 g/mol. The van der Waals surface area contributed by atoms with E-state index in [0.717, 1.165) is 5.56 Å². The molecule has 0 aliphatic carbocycles. The third-order valence-electron chi connectivity index (χ3n) is 3.44. The predicted octanol–water partition coefficient (Wildman–Crippen LogP) is 2.87. The molecule has 134 valence electrons. The summed E-state index contributed by atoms with van der Waals surface area (Å²) < 4.78 is 24.5. The highest BCUT2D eigenvalue weighted by Gasteiger charge is 2.13. The molecule has 0 radical (unpaired) electrons. The molecule has 2 aromatic carbocycles. The summed E-state index contributed by atoms with van der Waals surface area (Å²) in [6.45, 7) is 3.42. The molecule has 0 aliphatic rings. The lowest BCUT2D eigenvalue weighted by Crippen LogP contribution is -2.39. The SMILES string of the molecule is CCNC(=NCc1ccc(Cl)cc1)NCCS(=O)(=O)c1ccccc1. The molecule has 0 aromatic heterocycles. The number of aliphatic imine (C=N–C) groups is 1. The zero-order chi connectivity index (χ0) is 18.1. The molecule has 0 amide bonds. The molecule has 0 saturated heterocycles. The highest BCUT2D eigenvalue weighted by Crippen LogP contribution is 2.10. The number of rotatable bonds is 7. The van der Waals surface area contributed by atoms with Crippen molar-refractivity contribution in [3.63, 3.8) is 0 Å². The molecule has 0 fully saturated rings. The molecule has 2 N–H and O–H groups in total. The summed E-state index contributed by atoms with van der Waals surface area (Å²) in [5, 5.41) is 6.85. The van der Waals surface area contributed by atoms with Crippen LogP contribution in [0, 0.1) is 0 Å². The zero-order valence-electron chi connectivity index (χ0n) is 14.1. The average Bonchev–Trinajstić information content (AvgIpc) is 2.61. The molecule has 0 spiro atoms. The van der Waals surface area contributed by atoms with E-state index in [4.69, 9.17) is 11.6 Å². The molecule has 25 heavy (non-hydrogen) atoms. The van der Waals surface area contributed by atoms with Gasteiger partial charge >= 0.3 is 0 Å². The van der Waals surface area contributed by atoms with E-state index in [0.29, 0.717) is 29.0 Å². The van der Waals surface area contributed by atoms with Gasteiger partial charge in [0.25, 0.3) is 0 Å². The van der Waals surface area contributed by atoms with Gasteiger partial charge in [0.2, 0.25) is 0 Å². The maximum atomic E-state index is 12.3. The van der Waals surface area contributed by atoms with E-state index in [-0.39, 0.29) is 12.3 Å². The first-order valence-corrected chi connectivity index (χ1v) is 10.1. The van der Waals surface area contributed by atoms with Crippen molar-refractivity contribution in [2.24, 2.45) is 4.99 Å². The quantitative estimate of drug-likeness (QED) is 0.573. The van der Waals surface area contributed by atoms with Gasteiger partial charge in [-0.1, -0.05) is 41.9 Å². The van der Waals surface area contributed by atoms with Crippen LogP contribution in [0.2, 0.25) is 5.02 Å². The summed E-state index contributed by atoms with van der Waals surface area (Å²) >= 11 is 5.87. The Morgan fingerprint density at radius 3 is 2.36 bits per heavy atom. The van der Waals surface area contributed by atoms with Gasteiger partial charge in [-0.25, -0.2) is 13.4 Å². The molecule has 5 nitrogen and oxygen atoms in total. The van der Waals surface area contributed by atoms with Crippen molar-refractivity contribution in [1.82, 2.24) is 10.6 Å². The molecular weight excluding hydrogens is 358 g/mol. The van der Waals surface area contributed by atoms with Crippen LogP contribution in [0.25, 0.3) is 0 Å². The second-order valence-electron chi connectivity index (χ2n) is 5.38. The number of sulfone groups is 1. The minimum Gasteiger partial charge on any atom is -0.357 e. The van der Waals surface area contributed by atoms with Crippen molar-refractivity contribution in [3.8, 4) is 0 Å². The summed E-state index contributed by atoms with van der Waals surface area (Å²) in [6, 6.07) is 15.9. The van der Waals surface area contributed by atoms with Crippen LogP contribution in [0.5, 0.6) is 0 Å². The lowest BCUT2D eigenvalue weighted by Gasteiger charge is -2.11. The van der Waals surface area contributed by atoms with Gasteiger partial charge in [-0.3, -0.25) is 0 Å². The third-order valence-corrected chi connectivity index (χ3v) is 5.43. The Labute approximate surface area is 154 Å². The highest BCUT2D eigenvalue weighted by atomic mass is 35.5. The third kappa shape index (κ3) is 6.40. The summed E-state index contributed by atoms with van der Waals surface area (Å²) in [4.78, 5) is 4.80. The van der Waals surface area contributed by atoms with E-state index in [2.05, 4.69) is 15.6 Å². The summed E-state index contributed by atoms with van der Waals surface area (Å²) in [6.07, 6.45) is 0. The molecule has 0 bridgehead atoms. The van der Waals surface area contributed by atoms with E-state index in [1.807, 2.05) is 31.2 Å². The first kappa shape index (κ1) is 19.3. The van der Waals surface area contributed by atoms with Crippen LogP contribution in [0.4, 0.5) is 0 Å². The van der Waals surface area contributed by atoms with Crippen molar-refractivity contribution in [3.05, 3.63) is 65.2 Å². The highest BCUT2D eigenvalue weighted by molar-refractivity contribution is 7.91. The van der Waals surface area contributed by atoms with Gasteiger partial charge in [0.15, 0.2) is 15.8 Å². The zero-order valence-corrected chi connectivity index (χ0v) is 15.6. The number of halogens is 1. The number of benzene rings is 2. The van der Waals surface area contributed by atoms with Crippen LogP contribution in [0.1, 0.15) is 12.5 Å². The van der Waals surface area contributed by atoms with Gasteiger partial charge < -0.3 is 10.6 Å². The maximum absolute atomic E-state index is 12.3. The van der Waals surface area contributed by atoms with Crippen LogP contribution in [-0.2, 0) is 16.4 Å². The number of hydrogen-bond acceptors (Lipinski definition) is 3. The Balaban J connectivity index is 1.92. The van der Waals surface area contributed by atoms with E-state index in [1.54, 1.807) is 30.3 Å². The molecular formula is C18H22ClN3O2S. The van der Waals surface area contributed by atoms with E-state index in [9.17, 15) is 8.42 Å². The largest absolute Gasteiger partial charge is 0.357 e. The predicted molar refractivity (Wildman–Crippen MR) is 103 cm³/mol. The summed E-state index contributed by atoms with van der Waals surface area (Å²) in [7, 11) is -3.30. The Kier molecular flexibility index (Phi) is 7.28. The Morgan fingerprint density at radius 2 is 1.72 bits per heavy atom. The number of hydrogen-bond donors (Lipinski definition) is 2. The number of nitrogens with one attached hydrogen (secondary N) is 2. The van der Waals surface area contributed by atoms with Crippen LogP contribution < -0.4 is 10.6 Å². The first-order valence-electron chi connectivity index (χ1n) is 8.05. The van der Waals surface area contributed by atoms with Crippen LogP contribution in [0.3, 0.4) is 0 Å². The minimum atomic E-state index is -3.30.